The van der Waals surface area contributed by atoms with Gasteiger partial charge in [-0.1, -0.05) is 22.9 Å². The minimum Gasteiger partial charge on any atom is -0.479 e. The average molecular weight is 341 g/mol. The van der Waals surface area contributed by atoms with E-state index in [4.69, 9.17) is 5.73 Å². The second-order valence-corrected chi connectivity index (χ2v) is 5.90. The highest BCUT2D eigenvalue weighted by Crippen LogP contribution is 2.35. The highest BCUT2D eigenvalue weighted by Gasteiger charge is 2.48. The molecule has 0 bridgehead atoms. The van der Waals surface area contributed by atoms with E-state index in [0.717, 1.165) is 4.47 Å². The first-order valence-electron chi connectivity index (χ1n) is 6.53. The highest BCUT2D eigenvalue weighted by atomic mass is 79.9. The third-order valence-corrected chi connectivity index (χ3v) is 4.45. The molecule has 1 amide bonds. The van der Waals surface area contributed by atoms with Gasteiger partial charge < -0.3 is 15.7 Å². The van der Waals surface area contributed by atoms with Gasteiger partial charge in [-0.2, -0.15) is 0 Å². The van der Waals surface area contributed by atoms with Gasteiger partial charge in [0.2, 0.25) is 0 Å². The molecular formula is C14H17BrN2O3. The number of rotatable bonds is 3. The molecule has 1 aliphatic rings. The van der Waals surface area contributed by atoms with Crippen LogP contribution in [0.4, 0.5) is 5.69 Å². The molecule has 1 aromatic rings. The summed E-state index contributed by atoms with van der Waals surface area (Å²) in [5, 5.41) is 9.51. The predicted molar refractivity (Wildman–Crippen MR) is 79.5 cm³/mol. The van der Waals surface area contributed by atoms with Crippen molar-refractivity contribution in [2.45, 2.75) is 31.7 Å². The van der Waals surface area contributed by atoms with Crippen molar-refractivity contribution in [2.24, 2.45) is 0 Å². The number of nitrogens with zero attached hydrogens (tertiary/aromatic N) is 1. The molecule has 0 saturated carbocycles. The van der Waals surface area contributed by atoms with Crippen LogP contribution in [-0.4, -0.2) is 34.0 Å². The monoisotopic (exact) mass is 340 g/mol. The molecule has 0 radical (unpaired) electrons. The molecule has 1 heterocycles. The van der Waals surface area contributed by atoms with Crippen LogP contribution in [0.2, 0.25) is 0 Å². The zero-order valence-corrected chi connectivity index (χ0v) is 12.8. The number of carboxylic acids is 1. The van der Waals surface area contributed by atoms with Crippen molar-refractivity contribution in [3.63, 3.8) is 0 Å². The van der Waals surface area contributed by atoms with Crippen molar-refractivity contribution in [1.82, 2.24) is 4.90 Å². The Morgan fingerprint density at radius 3 is 2.75 bits per heavy atom. The summed E-state index contributed by atoms with van der Waals surface area (Å²) < 4.78 is 0.785. The fourth-order valence-electron chi connectivity index (χ4n) is 2.79. The molecule has 1 unspecified atom stereocenters. The molecule has 1 atom stereocenters. The average Bonchev–Trinajstić information content (AvgIpc) is 2.83. The van der Waals surface area contributed by atoms with Crippen molar-refractivity contribution in [1.29, 1.82) is 0 Å². The van der Waals surface area contributed by atoms with Crippen LogP contribution in [0.3, 0.4) is 0 Å². The van der Waals surface area contributed by atoms with E-state index in [1.807, 2.05) is 0 Å². The van der Waals surface area contributed by atoms with Crippen LogP contribution in [0.5, 0.6) is 0 Å². The first kappa shape index (κ1) is 14.8. The van der Waals surface area contributed by atoms with Crippen LogP contribution < -0.4 is 5.73 Å². The number of anilines is 1. The number of aliphatic carboxylic acids is 1. The van der Waals surface area contributed by atoms with Gasteiger partial charge in [0.1, 0.15) is 5.54 Å². The summed E-state index contributed by atoms with van der Waals surface area (Å²) in [5.41, 5.74) is 5.48. The van der Waals surface area contributed by atoms with Crippen molar-refractivity contribution < 1.29 is 14.7 Å². The summed E-state index contributed by atoms with van der Waals surface area (Å²) in [6.07, 6.45) is 1.58. The maximum Gasteiger partial charge on any atom is 0.329 e. The van der Waals surface area contributed by atoms with Gasteiger partial charge >= 0.3 is 5.97 Å². The first-order valence-corrected chi connectivity index (χ1v) is 7.32. The van der Waals surface area contributed by atoms with E-state index in [1.165, 1.54) is 4.90 Å². The third-order valence-electron chi connectivity index (χ3n) is 3.96. The lowest BCUT2D eigenvalue weighted by Crippen LogP contribution is -2.52. The molecule has 0 aliphatic carbocycles. The molecule has 5 nitrogen and oxygen atoms in total. The maximum absolute atomic E-state index is 12.6. The summed E-state index contributed by atoms with van der Waals surface area (Å²) in [6, 6.07) is 5.01. The minimum absolute atomic E-state index is 0.309. The Morgan fingerprint density at radius 2 is 2.20 bits per heavy atom. The SMILES string of the molecule is CCC1(C(=O)O)CCCN1C(=O)c1ccc(Br)cc1N. The molecule has 20 heavy (non-hydrogen) atoms. The van der Waals surface area contributed by atoms with Gasteiger partial charge in [0.05, 0.1) is 5.56 Å². The Labute approximate surface area is 125 Å². The van der Waals surface area contributed by atoms with E-state index in [0.29, 0.717) is 37.1 Å². The second kappa shape index (κ2) is 5.44. The minimum atomic E-state index is -1.10. The van der Waals surface area contributed by atoms with Crippen LogP contribution >= 0.6 is 15.9 Å². The van der Waals surface area contributed by atoms with Crippen LogP contribution in [0, 0.1) is 0 Å². The molecule has 0 spiro atoms. The van der Waals surface area contributed by atoms with E-state index in [2.05, 4.69) is 15.9 Å². The van der Waals surface area contributed by atoms with Gasteiger partial charge in [-0.15, -0.1) is 0 Å². The molecule has 6 heteroatoms. The smallest absolute Gasteiger partial charge is 0.329 e. The first-order chi connectivity index (χ1) is 9.42. The van der Waals surface area contributed by atoms with Crippen molar-refractivity contribution in [3.8, 4) is 0 Å². The van der Waals surface area contributed by atoms with Gasteiger partial charge in [-0.25, -0.2) is 4.79 Å². The summed E-state index contributed by atoms with van der Waals surface area (Å²) in [6.45, 7) is 2.25. The summed E-state index contributed by atoms with van der Waals surface area (Å²) in [7, 11) is 0. The zero-order valence-electron chi connectivity index (χ0n) is 11.2. The third kappa shape index (κ3) is 2.28. The largest absolute Gasteiger partial charge is 0.479 e. The van der Waals surface area contributed by atoms with Crippen molar-refractivity contribution in [2.75, 3.05) is 12.3 Å². The normalized spacial score (nSPS) is 22.0. The predicted octanol–water partition coefficient (Wildman–Crippen LogP) is 2.50. The van der Waals surface area contributed by atoms with Crippen LogP contribution in [0.15, 0.2) is 22.7 Å². The molecule has 1 aromatic carbocycles. The summed E-state index contributed by atoms with van der Waals surface area (Å²) >= 11 is 3.29. The summed E-state index contributed by atoms with van der Waals surface area (Å²) in [5.74, 6) is -1.25. The van der Waals surface area contributed by atoms with E-state index in [1.54, 1.807) is 25.1 Å². The molecule has 1 fully saturated rings. The van der Waals surface area contributed by atoms with Gasteiger partial charge in [-0.3, -0.25) is 4.79 Å². The second-order valence-electron chi connectivity index (χ2n) is 4.98. The Balaban J connectivity index is 2.39. The highest BCUT2D eigenvalue weighted by molar-refractivity contribution is 9.10. The number of carboxylic acid groups (broad SMARTS) is 1. The lowest BCUT2D eigenvalue weighted by Gasteiger charge is -2.34. The number of nitrogen functional groups attached to an aromatic ring is 1. The van der Waals surface area contributed by atoms with Gasteiger partial charge in [0.25, 0.3) is 5.91 Å². The number of amides is 1. The maximum atomic E-state index is 12.6. The van der Waals surface area contributed by atoms with Gasteiger partial charge in [0, 0.05) is 16.7 Å². The molecular weight excluding hydrogens is 324 g/mol. The Kier molecular flexibility index (Phi) is 4.04. The van der Waals surface area contributed by atoms with E-state index in [-0.39, 0.29) is 5.91 Å². The molecule has 108 valence electrons. The molecule has 1 saturated heterocycles. The topological polar surface area (TPSA) is 83.6 Å². The number of carbonyl (C=O) groups is 2. The fraction of sp³-hybridized carbons (Fsp3) is 0.429. The Bertz CT molecular complexity index is 561. The van der Waals surface area contributed by atoms with Crippen LogP contribution in [0.25, 0.3) is 0 Å². The van der Waals surface area contributed by atoms with E-state index >= 15 is 0 Å². The van der Waals surface area contributed by atoms with Crippen LogP contribution in [0.1, 0.15) is 36.5 Å². The number of halogens is 1. The number of hydrogen-bond donors (Lipinski definition) is 2. The fourth-order valence-corrected chi connectivity index (χ4v) is 3.17. The number of carbonyl (C=O) groups excluding carboxylic acids is 1. The van der Waals surface area contributed by atoms with E-state index < -0.39 is 11.5 Å². The number of hydrogen-bond acceptors (Lipinski definition) is 3. The quantitative estimate of drug-likeness (QED) is 0.828. The van der Waals surface area contributed by atoms with Crippen molar-refractivity contribution >= 4 is 33.5 Å². The van der Waals surface area contributed by atoms with Gasteiger partial charge in [-0.05, 0) is 37.5 Å². The standard InChI is InChI=1S/C14H17BrN2O3/c1-2-14(13(19)20)6-3-7-17(14)12(18)10-5-4-9(15)8-11(10)16/h4-5,8H,2-3,6-7,16H2,1H3,(H,19,20). The zero-order chi connectivity index (χ0) is 14.9. The molecule has 3 N–H and O–H groups in total. The Hall–Kier alpha value is -1.56. The number of likely N-dealkylation sites (tertiary alicyclic amines) is 1. The molecule has 1 aliphatic heterocycles. The molecule has 0 aromatic heterocycles. The van der Waals surface area contributed by atoms with Crippen molar-refractivity contribution in [3.05, 3.63) is 28.2 Å². The lowest BCUT2D eigenvalue weighted by atomic mass is 9.92. The van der Waals surface area contributed by atoms with E-state index in [9.17, 15) is 14.7 Å². The van der Waals surface area contributed by atoms with Crippen LogP contribution in [-0.2, 0) is 4.79 Å². The lowest BCUT2D eigenvalue weighted by molar-refractivity contribution is -0.148. The number of benzene rings is 1. The Morgan fingerprint density at radius 1 is 1.50 bits per heavy atom. The number of nitrogens with two attached hydrogens (primary N) is 1. The molecule has 2 rings (SSSR count). The summed E-state index contributed by atoms with van der Waals surface area (Å²) in [4.78, 5) is 25.7. The van der Waals surface area contributed by atoms with Gasteiger partial charge in [0.15, 0.2) is 0 Å².